The van der Waals surface area contributed by atoms with Crippen LogP contribution < -0.4 is 5.32 Å². The smallest absolute Gasteiger partial charge is 0.0363 e. The molecule has 0 amide bonds. The maximum atomic E-state index is 3.64. The van der Waals surface area contributed by atoms with E-state index >= 15 is 0 Å². The lowest BCUT2D eigenvalue weighted by molar-refractivity contribution is 0.439. The first-order valence-electron chi connectivity index (χ1n) is 5.58. The highest BCUT2D eigenvalue weighted by Gasteiger charge is 2.50. The molecule has 1 fully saturated rings. The van der Waals surface area contributed by atoms with Crippen LogP contribution in [0, 0.1) is 11.3 Å². The lowest BCUT2D eigenvalue weighted by atomic mass is 9.97. The molecular weight excluding hydrogens is 330 g/mol. The second kappa shape index (κ2) is 4.43. The van der Waals surface area contributed by atoms with Gasteiger partial charge in [0.2, 0.25) is 0 Å². The number of nitrogens with one attached hydrogen (secondary N) is 1. The molecule has 0 spiro atoms. The molecule has 1 aromatic rings. The van der Waals surface area contributed by atoms with Crippen LogP contribution in [0.3, 0.4) is 0 Å². The van der Waals surface area contributed by atoms with Crippen LogP contribution >= 0.6 is 31.9 Å². The molecule has 1 N–H and O–H groups in total. The maximum absolute atomic E-state index is 3.64. The second-order valence-electron chi connectivity index (χ2n) is 5.23. The Kier molecular flexibility index (Phi) is 3.49. The molecule has 88 valence electrons. The van der Waals surface area contributed by atoms with E-state index in [0.717, 1.165) is 10.4 Å². The highest BCUT2D eigenvalue weighted by atomic mass is 79.9. The minimum Gasteiger partial charge on any atom is -0.313 e. The number of halogens is 2. The van der Waals surface area contributed by atoms with Crippen LogP contribution in [0.5, 0.6) is 0 Å². The summed E-state index contributed by atoms with van der Waals surface area (Å²) < 4.78 is 2.34. The lowest BCUT2D eigenvalue weighted by Gasteiger charge is -2.20. The molecule has 3 heteroatoms. The Labute approximate surface area is 114 Å². The molecule has 2 atom stereocenters. The molecule has 0 aromatic heterocycles. The van der Waals surface area contributed by atoms with E-state index in [0.29, 0.717) is 11.5 Å². The van der Waals surface area contributed by atoms with Gasteiger partial charge in [-0.2, -0.15) is 0 Å². The number of hydrogen-bond acceptors (Lipinski definition) is 1. The van der Waals surface area contributed by atoms with Crippen LogP contribution in [0.1, 0.15) is 31.9 Å². The molecule has 0 bridgehead atoms. The van der Waals surface area contributed by atoms with E-state index < -0.39 is 0 Å². The number of rotatable bonds is 3. The first kappa shape index (κ1) is 12.6. The summed E-state index contributed by atoms with van der Waals surface area (Å²) in [6.07, 6.45) is 1.30. The van der Waals surface area contributed by atoms with E-state index in [-0.39, 0.29) is 0 Å². The van der Waals surface area contributed by atoms with Crippen molar-refractivity contribution < 1.29 is 0 Å². The second-order valence-corrected chi connectivity index (χ2v) is 7.00. The maximum Gasteiger partial charge on any atom is 0.0363 e. The molecule has 1 nitrogen and oxygen atoms in total. The minimum atomic E-state index is 0.446. The summed E-state index contributed by atoms with van der Waals surface area (Å²) in [5, 5.41) is 3.45. The Hall–Kier alpha value is 0.140. The number of hydrogen-bond donors (Lipinski definition) is 1. The molecule has 16 heavy (non-hydrogen) atoms. The zero-order valence-electron chi connectivity index (χ0n) is 9.85. The van der Waals surface area contributed by atoms with Crippen LogP contribution in [-0.2, 0) is 0 Å². The SMILES string of the molecule is CNC(c1cc(Br)ccc1Br)C1CC1(C)C. The molecule has 0 radical (unpaired) electrons. The van der Waals surface area contributed by atoms with Crippen LogP contribution in [0.15, 0.2) is 27.1 Å². The van der Waals surface area contributed by atoms with Crippen LogP contribution in [0.2, 0.25) is 0 Å². The van der Waals surface area contributed by atoms with Crippen molar-refractivity contribution in [2.45, 2.75) is 26.3 Å². The summed E-state index contributed by atoms with van der Waals surface area (Å²) in [6.45, 7) is 4.68. The zero-order valence-corrected chi connectivity index (χ0v) is 13.0. The van der Waals surface area contributed by atoms with Gasteiger partial charge in [0.1, 0.15) is 0 Å². The molecule has 0 aliphatic heterocycles. The zero-order chi connectivity index (χ0) is 11.9. The van der Waals surface area contributed by atoms with Crippen molar-refractivity contribution >= 4 is 31.9 Å². The first-order valence-corrected chi connectivity index (χ1v) is 7.16. The predicted molar refractivity (Wildman–Crippen MR) is 75.5 cm³/mol. The third-order valence-electron chi connectivity index (χ3n) is 3.60. The largest absolute Gasteiger partial charge is 0.313 e. The van der Waals surface area contributed by atoms with Crippen molar-refractivity contribution in [2.75, 3.05) is 7.05 Å². The summed E-state index contributed by atoms with van der Waals surface area (Å²) in [5.41, 5.74) is 1.84. The first-order chi connectivity index (χ1) is 7.45. The van der Waals surface area contributed by atoms with Crippen LogP contribution in [-0.4, -0.2) is 7.05 Å². The molecule has 0 heterocycles. The summed E-state index contributed by atoms with van der Waals surface area (Å²) in [4.78, 5) is 0. The fourth-order valence-corrected chi connectivity index (χ4v) is 3.28. The van der Waals surface area contributed by atoms with Gasteiger partial charge in [0.15, 0.2) is 0 Å². The van der Waals surface area contributed by atoms with E-state index in [9.17, 15) is 0 Å². The van der Waals surface area contributed by atoms with Gasteiger partial charge in [0, 0.05) is 15.0 Å². The van der Waals surface area contributed by atoms with Crippen molar-refractivity contribution in [2.24, 2.45) is 11.3 Å². The van der Waals surface area contributed by atoms with E-state index in [4.69, 9.17) is 0 Å². The average Bonchev–Trinajstić information content (AvgIpc) is 2.82. The summed E-state index contributed by atoms with van der Waals surface area (Å²) >= 11 is 7.19. The van der Waals surface area contributed by atoms with Crippen molar-refractivity contribution in [3.63, 3.8) is 0 Å². The molecule has 2 rings (SSSR count). The lowest BCUT2D eigenvalue weighted by Crippen LogP contribution is -2.21. The molecule has 2 unspecified atom stereocenters. The Morgan fingerprint density at radius 3 is 2.50 bits per heavy atom. The summed E-state index contributed by atoms with van der Waals surface area (Å²) in [6, 6.07) is 6.83. The van der Waals surface area contributed by atoms with E-state index in [2.05, 4.69) is 69.2 Å². The van der Waals surface area contributed by atoms with Crippen molar-refractivity contribution in [3.05, 3.63) is 32.7 Å². The third kappa shape index (κ3) is 2.36. The fourth-order valence-electron chi connectivity index (χ4n) is 2.40. The van der Waals surface area contributed by atoms with Gasteiger partial charge in [-0.15, -0.1) is 0 Å². The van der Waals surface area contributed by atoms with Gasteiger partial charge >= 0.3 is 0 Å². The normalized spacial score (nSPS) is 24.2. The highest BCUT2D eigenvalue weighted by Crippen LogP contribution is 2.58. The molecule has 1 aliphatic carbocycles. The fraction of sp³-hybridized carbons (Fsp3) is 0.538. The molecule has 1 aromatic carbocycles. The topological polar surface area (TPSA) is 12.0 Å². The van der Waals surface area contributed by atoms with Gasteiger partial charge in [0.25, 0.3) is 0 Å². The molecule has 1 saturated carbocycles. The van der Waals surface area contributed by atoms with Gasteiger partial charge < -0.3 is 5.32 Å². The van der Waals surface area contributed by atoms with E-state index in [1.54, 1.807) is 0 Å². The predicted octanol–water partition coefficient (Wildman–Crippen LogP) is 4.52. The van der Waals surface area contributed by atoms with Crippen molar-refractivity contribution in [3.8, 4) is 0 Å². The van der Waals surface area contributed by atoms with Gasteiger partial charge in [-0.3, -0.25) is 0 Å². The van der Waals surface area contributed by atoms with Crippen molar-refractivity contribution in [1.29, 1.82) is 0 Å². The molecule has 0 saturated heterocycles. The number of benzene rings is 1. The Balaban J connectivity index is 2.30. The summed E-state index contributed by atoms with van der Waals surface area (Å²) in [7, 11) is 2.05. The third-order valence-corrected chi connectivity index (χ3v) is 4.81. The van der Waals surface area contributed by atoms with Crippen LogP contribution in [0.4, 0.5) is 0 Å². The standard InChI is InChI=1S/C13H17Br2N/c1-13(2)7-10(13)12(16-3)9-6-8(14)4-5-11(9)15/h4-6,10,12,16H,7H2,1-3H3. The molecule has 1 aliphatic rings. The van der Waals surface area contributed by atoms with Gasteiger partial charge in [-0.05, 0) is 48.6 Å². The molecular formula is C13H17Br2N. The van der Waals surface area contributed by atoms with Crippen molar-refractivity contribution in [1.82, 2.24) is 5.32 Å². The van der Waals surface area contributed by atoms with Gasteiger partial charge in [-0.25, -0.2) is 0 Å². The summed E-state index contributed by atoms with van der Waals surface area (Å²) in [5.74, 6) is 0.739. The Morgan fingerprint density at radius 2 is 2.00 bits per heavy atom. The highest BCUT2D eigenvalue weighted by molar-refractivity contribution is 9.11. The van der Waals surface area contributed by atoms with Gasteiger partial charge in [-0.1, -0.05) is 45.7 Å². The monoisotopic (exact) mass is 345 g/mol. The average molecular weight is 347 g/mol. The van der Waals surface area contributed by atoms with E-state index in [1.807, 2.05) is 7.05 Å². The van der Waals surface area contributed by atoms with Gasteiger partial charge in [0.05, 0.1) is 0 Å². The Morgan fingerprint density at radius 1 is 1.38 bits per heavy atom. The quantitative estimate of drug-likeness (QED) is 0.848. The van der Waals surface area contributed by atoms with Crippen LogP contribution in [0.25, 0.3) is 0 Å². The van der Waals surface area contributed by atoms with E-state index in [1.165, 1.54) is 16.5 Å². The minimum absolute atomic E-state index is 0.446. The Bertz CT molecular complexity index is 401.